The Hall–Kier alpha value is -3.38. The second-order valence-electron chi connectivity index (χ2n) is 8.21. The highest BCUT2D eigenvalue weighted by Gasteiger charge is 2.15. The van der Waals surface area contributed by atoms with Crippen molar-refractivity contribution in [1.82, 2.24) is 19.9 Å². The van der Waals surface area contributed by atoms with Crippen molar-refractivity contribution in [3.05, 3.63) is 77.6 Å². The topological polar surface area (TPSA) is 54.7 Å². The summed E-state index contributed by atoms with van der Waals surface area (Å²) in [6, 6.07) is 21.4. The molecule has 4 heterocycles. The maximum atomic E-state index is 5.65. The first-order valence-electron chi connectivity index (χ1n) is 11.0. The number of hydrogen-bond acceptors (Lipinski definition) is 5. The van der Waals surface area contributed by atoms with E-state index in [2.05, 4.69) is 64.8 Å². The minimum Gasteiger partial charge on any atom is -0.493 e. The van der Waals surface area contributed by atoms with Crippen molar-refractivity contribution >= 4 is 11.3 Å². The molecule has 6 heteroatoms. The van der Waals surface area contributed by atoms with E-state index in [1.165, 1.54) is 16.8 Å². The van der Waals surface area contributed by atoms with E-state index in [-0.39, 0.29) is 0 Å². The molecule has 0 aliphatic carbocycles. The number of hydrogen-bond donors (Lipinski definition) is 1. The Morgan fingerprint density at radius 2 is 1.84 bits per heavy atom. The zero-order valence-electron chi connectivity index (χ0n) is 17.4. The van der Waals surface area contributed by atoms with Gasteiger partial charge in [-0.15, -0.1) is 0 Å². The van der Waals surface area contributed by atoms with Crippen LogP contribution in [0.3, 0.4) is 0 Å². The molecular weight excluding hydrogens is 386 g/mol. The quantitative estimate of drug-likeness (QED) is 0.558. The van der Waals surface area contributed by atoms with Crippen molar-refractivity contribution < 1.29 is 4.74 Å². The fourth-order valence-electron chi connectivity index (χ4n) is 4.52. The van der Waals surface area contributed by atoms with Gasteiger partial charge in [-0.2, -0.15) is 5.10 Å². The van der Waals surface area contributed by atoms with Crippen molar-refractivity contribution in [3.63, 3.8) is 0 Å². The number of benzene rings is 2. The lowest BCUT2D eigenvalue weighted by Gasteiger charge is -2.29. The summed E-state index contributed by atoms with van der Waals surface area (Å²) in [6.45, 7) is 4.98. The number of anilines is 1. The molecule has 1 fully saturated rings. The summed E-state index contributed by atoms with van der Waals surface area (Å²) >= 11 is 0. The lowest BCUT2D eigenvalue weighted by atomic mass is 10.1. The van der Waals surface area contributed by atoms with Crippen molar-refractivity contribution in [2.24, 2.45) is 0 Å². The standard InChI is InChI=1S/C25H25N5O/c1-2-22(19-6-9-23-20(17-19)10-15-31-23)30-25(3-1)27-24(28-30)16-18-4-7-21(8-5-18)29-13-11-26-12-14-29/h1-9,17,26H,10-16H2. The van der Waals surface area contributed by atoms with Crippen LogP contribution < -0.4 is 15.0 Å². The number of aromatic nitrogens is 3. The highest BCUT2D eigenvalue weighted by Crippen LogP contribution is 2.30. The summed E-state index contributed by atoms with van der Waals surface area (Å²) < 4.78 is 7.61. The second kappa shape index (κ2) is 7.71. The number of piperazine rings is 1. The van der Waals surface area contributed by atoms with E-state index in [4.69, 9.17) is 14.8 Å². The fraction of sp³-hybridized carbons (Fsp3) is 0.280. The zero-order valence-corrected chi connectivity index (χ0v) is 17.4. The summed E-state index contributed by atoms with van der Waals surface area (Å²) in [7, 11) is 0. The molecule has 1 saturated heterocycles. The molecule has 31 heavy (non-hydrogen) atoms. The van der Waals surface area contributed by atoms with E-state index in [0.717, 1.165) is 74.1 Å². The Kier molecular flexibility index (Phi) is 4.57. The second-order valence-corrected chi connectivity index (χ2v) is 8.21. The third kappa shape index (κ3) is 3.53. The van der Waals surface area contributed by atoms with Crippen LogP contribution in [0.5, 0.6) is 5.75 Å². The smallest absolute Gasteiger partial charge is 0.156 e. The van der Waals surface area contributed by atoms with Gasteiger partial charge in [-0.1, -0.05) is 18.2 Å². The van der Waals surface area contributed by atoms with Gasteiger partial charge in [0, 0.05) is 50.3 Å². The molecule has 0 atom stereocenters. The Bertz CT molecular complexity index is 1220. The van der Waals surface area contributed by atoms with Gasteiger partial charge < -0.3 is 15.0 Å². The summed E-state index contributed by atoms with van der Waals surface area (Å²) in [5.41, 5.74) is 6.86. The Labute approximate surface area is 181 Å². The SMILES string of the molecule is c1cc(-c2ccc3c(c2)CCO3)n2nc(Cc3ccc(N4CCNCC4)cc3)nc2c1. The lowest BCUT2D eigenvalue weighted by molar-refractivity contribution is 0.357. The molecular formula is C25H25N5O. The molecule has 2 aliphatic rings. The monoisotopic (exact) mass is 411 g/mol. The Balaban J connectivity index is 1.27. The molecule has 0 amide bonds. The molecule has 156 valence electrons. The Morgan fingerprint density at radius 3 is 2.71 bits per heavy atom. The first kappa shape index (κ1) is 18.4. The third-order valence-corrected chi connectivity index (χ3v) is 6.17. The van der Waals surface area contributed by atoms with Crippen LogP contribution >= 0.6 is 0 Å². The molecule has 0 unspecified atom stereocenters. The van der Waals surface area contributed by atoms with Crippen LogP contribution in [-0.4, -0.2) is 47.4 Å². The van der Waals surface area contributed by atoms with Gasteiger partial charge in [-0.05, 0) is 53.6 Å². The molecule has 0 saturated carbocycles. The summed E-state index contributed by atoms with van der Waals surface area (Å²) in [4.78, 5) is 7.22. The van der Waals surface area contributed by atoms with E-state index in [9.17, 15) is 0 Å². The lowest BCUT2D eigenvalue weighted by Crippen LogP contribution is -2.43. The van der Waals surface area contributed by atoms with Crippen molar-refractivity contribution in [1.29, 1.82) is 0 Å². The van der Waals surface area contributed by atoms with E-state index >= 15 is 0 Å². The number of rotatable bonds is 4. The van der Waals surface area contributed by atoms with Gasteiger partial charge in [0.2, 0.25) is 0 Å². The molecule has 2 aromatic heterocycles. The molecule has 6 rings (SSSR count). The highest BCUT2D eigenvalue weighted by molar-refractivity contribution is 5.65. The minimum absolute atomic E-state index is 0.723. The number of pyridine rings is 1. The van der Waals surface area contributed by atoms with Crippen LogP contribution in [0.2, 0.25) is 0 Å². The summed E-state index contributed by atoms with van der Waals surface area (Å²) in [5, 5.41) is 8.25. The van der Waals surface area contributed by atoms with Gasteiger partial charge in [0.1, 0.15) is 5.75 Å². The van der Waals surface area contributed by atoms with Crippen molar-refractivity contribution in [3.8, 4) is 17.0 Å². The van der Waals surface area contributed by atoms with Crippen molar-refractivity contribution in [2.45, 2.75) is 12.8 Å². The van der Waals surface area contributed by atoms with E-state index in [0.29, 0.717) is 0 Å². The molecule has 1 N–H and O–H groups in total. The maximum Gasteiger partial charge on any atom is 0.156 e. The first-order chi connectivity index (χ1) is 15.3. The average Bonchev–Trinajstić information content (AvgIpc) is 3.46. The van der Waals surface area contributed by atoms with Crippen LogP contribution in [0.1, 0.15) is 17.0 Å². The summed E-state index contributed by atoms with van der Waals surface area (Å²) in [5.74, 6) is 1.84. The predicted octanol–water partition coefficient (Wildman–Crippen LogP) is 3.33. The molecule has 6 nitrogen and oxygen atoms in total. The molecule has 2 aliphatic heterocycles. The molecule has 0 spiro atoms. The number of nitrogens with one attached hydrogen (secondary N) is 1. The number of fused-ring (bicyclic) bond motifs is 2. The maximum absolute atomic E-state index is 5.65. The third-order valence-electron chi connectivity index (χ3n) is 6.17. The zero-order chi connectivity index (χ0) is 20.6. The molecule has 0 bridgehead atoms. The van der Waals surface area contributed by atoms with Crippen LogP contribution in [-0.2, 0) is 12.8 Å². The average molecular weight is 412 g/mol. The van der Waals surface area contributed by atoms with Gasteiger partial charge in [0.05, 0.1) is 12.3 Å². The minimum atomic E-state index is 0.723. The fourth-order valence-corrected chi connectivity index (χ4v) is 4.52. The van der Waals surface area contributed by atoms with Crippen LogP contribution in [0.4, 0.5) is 5.69 Å². The van der Waals surface area contributed by atoms with E-state index < -0.39 is 0 Å². The van der Waals surface area contributed by atoms with E-state index in [1.54, 1.807) is 0 Å². The van der Waals surface area contributed by atoms with Gasteiger partial charge in [-0.3, -0.25) is 0 Å². The number of nitrogens with zero attached hydrogens (tertiary/aromatic N) is 4. The van der Waals surface area contributed by atoms with Crippen LogP contribution in [0.15, 0.2) is 60.7 Å². The highest BCUT2D eigenvalue weighted by atomic mass is 16.5. The van der Waals surface area contributed by atoms with Gasteiger partial charge in [0.15, 0.2) is 11.5 Å². The normalized spacial score (nSPS) is 15.8. The number of ether oxygens (including phenoxy) is 1. The van der Waals surface area contributed by atoms with Gasteiger partial charge in [-0.25, -0.2) is 9.50 Å². The van der Waals surface area contributed by atoms with Crippen LogP contribution in [0, 0.1) is 0 Å². The molecule has 2 aromatic carbocycles. The van der Waals surface area contributed by atoms with Crippen molar-refractivity contribution in [2.75, 3.05) is 37.7 Å². The summed E-state index contributed by atoms with van der Waals surface area (Å²) in [6.07, 6.45) is 1.69. The largest absolute Gasteiger partial charge is 0.493 e. The Morgan fingerprint density at radius 1 is 0.968 bits per heavy atom. The predicted molar refractivity (Wildman–Crippen MR) is 122 cm³/mol. The molecule has 4 aromatic rings. The van der Waals surface area contributed by atoms with Gasteiger partial charge in [0.25, 0.3) is 0 Å². The van der Waals surface area contributed by atoms with E-state index in [1.807, 2.05) is 10.6 Å². The van der Waals surface area contributed by atoms with Gasteiger partial charge >= 0.3 is 0 Å². The first-order valence-corrected chi connectivity index (χ1v) is 11.0. The molecule has 0 radical (unpaired) electrons. The van der Waals surface area contributed by atoms with Crippen LogP contribution in [0.25, 0.3) is 16.9 Å².